The highest BCUT2D eigenvalue weighted by atomic mass is 16.2. The third kappa shape index (κ3) is 2.95. The molecule has 0 aliphatic carbocycles. The molecule has 3 amide bonds. The van der Waals surface area contributed by atoms with E-state index < -0.39 is 0 Å². The van der Waals surface area contributed by atoms with Gasteiger partial charge in [-0.3, -0.25) is 24.4 Å². The summed E-state index contributed by atoms with van der Waals surface area (Å²) in [5, 5.41) is 4.07. The normalized spacial score (nSPS) is 12.9. The smallest absolute Gasteiger partial charge is 0.274 e. The van der Waals surface area contributed by atoms with Gasteiger partial charge in [0.2, 0.25) is 0 Å². The number of amides is 3. The van der Waals surface area contributed by atoms with E-state index in [4.69, 9.17) is 0 Å². The van der Waals surface area contributed by atoms with Gasteiger partial charge in [0.1, 0.15) is 5.69 Å². The van der Waals surface area contributed by atoms with Crippen molar-refractivity contribution in [2.75, 3.05) is 10.2 Å². The van der Waals surface area contributed by atoms with E-state index in [1.807, 2.05) is 13.0 Å². The van der Waals surface area contributed by atoms with E-state index >= 15 is 0 Å². The molecule has 7 heteroatoms. The fourth-order valence-electron chi connectivity index (χ4n) is 3.83. The highest BCUT2D eigenvalue weighted by Gasteiger charge is 2.38. The van der Waals surface area contributed by atoms with Gasteiger partial charge in [-0.1, -0.05) is 18.2 Å². The van der Waals surface area contributed by atoms with Crippen molar-refractivity contribution in [3.8, 4) is 0 Å². The van der Waals surface area contributed by atoms with Crippen molar-refractivity contribution in [1.29, 1.82) is 0 Å². The van der Waals surface area contributed by atoms with Crippen molar-refractivity contribution in [2.45, 2.75) is 6.92 Å². The van der Waals surface area contributed by atoms with Gasteiger partial charge in [0, 0.05) is 29.4 Å². The minimum absolute atomic E-state index is 0.277. The highest BCUT2D eigenvalue weighted by Crippen LogP contribution is 2.37. The topological polar surface area (TPSA) is 92.3 Å². The Morgan fingerprint density at radius 1 is 0.903 bits per heavy atom. The van der Waals surface area contributed by atoms with Gasteiger partial charge in [-0.25, -0.2) is 4.90 Å². The molecule has 0 saturated carbocycles. The van der Waals surface area contributed by atoms with Crippen LogP contribution in [-0.2, 0) is 0 Å². The van der Waals surface area contributed by atoms with Gasteiger partial charge < -0.3 is 5.32 Å². The molecule has 3 heterocycles. The molecule has 7 nitrogen and oxygen atoms in total. The van der Waals surface area contributed by atoms with Gasteiger partial charge in [0.15, 0.2) is 0 Å². The van der Waals surface area contributed by atoms with Crippen molar-refractivity contribution in [1.82, 2.24) is 9.97 Å². The van der Waals surface area contributed by atoms with E-state index in [1.54, 1.807) is 67.1 Å². The lowest BCUT2D eigenvalue weighted by atomic mass is 10.0. The van der Waals surface area contributed by atoms with Crippen LogP contribution in [0.5, 0.6) is 0 Å². The second kappa shape index (κ2) is 7.14. The summed E-state index contributed by atoms with van der Waals surface area (Å²) in [5.41, 5.74) is 2.79. The van der Waals surface area contributed by atoms with Crippen LogP contribution >= 0.6 is 0 Å². The van der Waals surface area contributed by atoms with Crippen LogP contribution in [0.1, 0.15) is 36.8 Å². The van der Waals surface area contributed by atoms with Crippen LogP contribution in [0.2, 0.25) is 0 Å². The number of carbonyl (C=O) groups is 3. The summed E-state index contributed by atoms with van der Waals surface area (Å²) in [6.07, 6.45) is 4.72. The Labute approximate surface area is 177 Å². The molecule has 0 atom stereocenters. The van der Waals surface area contributed by atoms with Gasteiger partial charge in [-0.05, 0) is 48.9 Å². The summed E-state index contributed by atoms with van der Waals surface area (Å²) >= 11 is 0. The second-order valence-electron chi connectivity index (χ2n) is 7.17. The van der Waals surface area contributed by atoms with Crippen molar-refractivity contribution < 1.29 is 14.4 Å². The molecular formula is C24H16N4O3. The summed E-state index contributed by atoms with van der Waals surface area (Å²) in [6.45, 7) is 1.81. The maximum atomic E-state index is 13.1. The largest absolute Gasteiger partial charge is 0.320 e. The maximum Gasteiger partial charge on any atom is 0.274 e. The zero-order valence-corrected chi connectivity index (χ0v) is 16.5. The number of aromatic nitrogens is 2. The number of hydrogen-bond acceptors (Lipinski definition) is 5. The molecule has 0 spiro atoms. The van der Waals surface area contributed by atoms with Gasteiger partial charge in [0.25, 0.3) is 17.7 Å². The number of nitrogens with zero attached hydrogens (tertiary/aromatic N) is 3. The minimum Gasteiger partial charge on any atom is -0.320 e. The van der Waals surface area contributed by atoms with Crippen molar-refractivity contribution in [3.63, 3.8) is 0 Å². The van der Waals surface area contributed by atoms with E-state index in [0.29, 0.717) is 33.3 Å². The van der Waals surface area contributed by atoms with Crippen LogP contribution in [-0.4, -0.2) is 27.7 Å². The third-order valence-electron chi connectivity index (χ3n) is 5.30. The Morgan fingerprint density at radius 3 is 2.55 bits per heavy atom. The Kier molecular flexibility index (Phi) is 4.29. The minimum atomic E-state index is -0.368. The van der Waals surface area contributed by atoms with Crippen LogP contribution in [0.15, 0.2) is 73.2 Å². The lowest BCUT2D eigenvalue weighted by molar-refractivity contribution is 0.0925. The number of rotatable bonds is 3. The number of imide groups is 1. The van der Waals surface area contributed by atoms with Gasteiger partial charge in [0.05, 0.1) is 22.5 Å². The second-order valence-corrected chi connectivity index (χ2v) is 7.17. The SMILES string of the molecule is Cc1cccc2c1C(=O)N(c1ccc(NC(=O)c3ccccn3)c3cnccc13)C2=O. The molecule has 150 valence electrons. The Bertz CT molecular complexity index is 1380. The number of fused-ring (bicyclic) bond motifs is 2. The Hall–Kier alpha value is -4.39. The number of aryl methyl sites for hydroxylation is 1. The average Bonchev–Trinajstić information content (AvgIpc) is 3.05. The average molecular weight is 408 g/mol. The molecule has 1 N–H and O–H groups in total. The Morgan fingerprint density at radius 2 is 1.77 bits per heavy atom. The number of nitrogens with one attached hydrogen (secondary N) is 1. The van der Waals surface area contributed by atoms with Crippen molar-refractivity contribution >= 4 is 39.9 Å². The van der Waals surface area contributed by atoms with Gasteiger partial charge in [-0.2, -0.15) is 0 Å². The first kappa shape index (κ1) is 18.6. The zero-order valence-electron chi connectivity index (χ0n) is 16.5. The first-order chi connectivity index (χ1) is 15.1. The zero-order chi connectivity index (χ0) is 21.5. The van der Waals surface area contributed by atoms with Gasteiger partial charge in [-0.15, -0.1) is 0 Å². The molecule has 1 aliphatic rings. The van der Waals surface area contributed by atoms with E-state index in [-0.39, 0.29) is 23.4 Å². The van der Waals surface area contributed by atoms with E-state index in [0.717, 1.165) is 5.56 Å². The molecular weight excluding hydrogens is 392 g/mol. The first-order valence-corrected chi connectivity index (χ1v) is 9.64. The van der Waals surface area contributed by atoms with Crippen LogP contribution < -0.4 is 10.2 Å². The summed E-state index contributed by atoms with van der Waals surface area (Å²) in [7, 11) is 0. The number of pyridine rings is 2. The molecule has 4 aromatic rings. The first-order valence-electron chi connectivity index (χ1n) is 9.64. The fraction of sp³-hybridized carbons (Fsp3) is 0.0417. The third-order valence-corrected chi connectivity index (χ3v) is 5.30. The fourth-order valence-corrected chi connectivity index (χ4v) is 3.83. The maximum absolute atomic E-state index is 13.1. The molecule has 0 unspecified atom stereocenters. The molecule has 2 aromatic carbocycles. The number of benzene rings is 2. The number of hydrogen-bond donors (Lipinski definition) is 1. The lowest BCUT2D eigenvalue weighted by Gasteiger charge is -2.18. The van der Waals surface area contributed by atoms with Crippen molar-refractivity contribution in [3.05, 3.63) is 95.6 Å². The van der Waals surface area contributed by atoms with Crippen LogP contribution in [0.4, 0.5) is 11.4 Å². The summed E-state index contributed by atoms with van der Waals surface area (Å²) in [5.74, 6) is -1.09. The Balaban J connectivity index is 1.59. The lowest BCUT2D eigenvalue weighted by Crippen LogP contribution is -2.29. The highest BCUT2D eigenvalue weighted by molar-refractivity contribution is 6.36. The van der Waals surface area contributed by atoms with E-state index in [2.05, 4.69) is 15.3 Å². The summed E-state index contributed by atoms with van der Waals surface area (Å²) in [4.78, 5) is 48.2. The van der Waals surface area contributed by atoms with E-state index in [9.17, 15) is 14.4 Å². The summed E-state index contributed by atoms with van der Waals surface area (Å²) in [6, 6.07) is 15.4. The summed E-state index contributed by atoms with van der Waals surface area (Å²) < 4.78 is 0. The molecule has 0 radical (unpaired) electrons. The molecule has 1 aliphatic heterocycles. The van der Waals surface area contributed by atoms with Crippen molar-refractivity contribution in [2.24, 2.45) is 0 Å². The molecule has 0 bridgehead atoms. The number of anilines is 2. The van der Waals surface area contributed by atoms with Crippen LogP contribution in [0.3, 0.4) is 0 Å². The molecule has 0 fully saturated rings. The molecule has 0 saturated heterocycles. The predicted molar refractivity (Wildman–Crippen MR) is 116 cm³/mol. The standard InChI is InChI=1S/C24H16N4O3/c1-14-5-4-6-16-21(14)24(31)28(23(16)30)20-9-8-18(17-13-25-12-10-15(17)20)27-22(29)19-7-2-3-11-26-19/h2-13H,1H3,(H,27,29). The van der Waals surface area contributed by atoms with Crippen LogP contribution in [0, 0.1) is 6.92 Å². The predicted octanol–water partition coefficient (Wildman–Crippen LogP) is 3.99. The van der Waals surface area contributed by atoms with E-state index in [1.165, 1.54) is 4.90 Å². The van der Waals surface area contributed by atoms with Gasteiger partial charge >= 0.3 is 0 Å². The molecule has 2 aromatic heterocycles. The number of carbonyl (C=O) groups excluding carboxylic acids is 3. The molecule has 31 heavy (non-hydrogen) atoms. The van der Waals surface area contributed by atoms with Crippen LogP contribution in [0.25, 0.3) is 10.8 Å². The quantitative estimate of drug-likeness (QED) is 0.518. The monoisotopic (exact) mass is 408 g/mol. The molecule has 5 rings (SSSR count).